The minimum absolute atomic E-state index is 0.515. The number of nitrogens with one attached hydrogen (secondary N) is 1. The molecule has 96 valence electrons. The number of rotatable bonds is 3. The molecule has 1 heteroatoms. The van der Waals surface area contributed by atoms with Crippen LogP contribution in [0.4, 0.5) is 0 Å². The van der Waals surface area contributed by atoms with E-state index >= 15 is 0 Å². The fourth-order valence-electron chi connectivity index (χ4n) is 5.00. The molecule has 0 radical (unpaired) electrons. The van der Waals surface area contributed by atoms with Gasteiger partial charge in [0, 0.05) is 12.1 Å². The second kappa shape index (κ2) is 3.84. The van der Waals surface area contributed by atoms with E-state index in [1.165, 1.54) is 24.0 Å². The van der Waals surface area contributed by atoms with Crippen LogP contribution in [0.3, 0.4) is 0 Å². The molecule has 3 aliphatic rings. The van der Waals surface area contributed by atoms with Crippen molar-refractivity contribution in [2.24, 2.45) is 23.7 Å². The Morgan fingerprint density at radius 1 is 1.11 bits per heavy atom. The van der Waals surface area contributed by atoms with Crippen LogP contribution in [-0.4, -0.2) is 6.04 Å². The fraction of sp³-hybridized carbons (Fsp3) is 0.647. The van der Waals surface area contributed by atoms with Crippen molar-refractivity contribution in [2.75, 3.05) is 0 Å². The first-order chi connectivity index (χ1) is 8.75. The van der Waals surface area contributed by atoms with Crippen molar-refractivity contribution in [1.82, 2.24) is 5.32 Å². The van der Waals surface area contributed by atoms with Gasteiger partial charge in [-0.2, -0.15) is 0 Å². The van der Waals surface area contributed by atoms with Crippen molar-refractivity contribution in [2.45, 2.75) is 45.2 Å². The molecule has 1 nitrogen and oxygen atoms in total. The zero-order chi connectivity index (χ0) is 12.3. The molecule has 5 unspecified atom stereocenters. The van der Waals surface area contributed by atoms with Gasteiger partial charge in [-0.15, -0.1) is 0 Å². The Labute approximate surface area is 110 Å². The van der Waals surface area contributed by atoms with Crippen LogP contribution in [0.5, 0.6) is 0 Å². The topological polar surface area (TPSA) is 12.0 Å². The minimum atomic E-state index is 0.515. The highest BCUT2D eigenvalue weighted by Crippen LogP contribution is 2.65. The summed E-state index contributed by atoms with van der Waals surface area (Å²) in [5, 5.41) is 3.91. The predicted octanol–water partition coefficient (Wildman–Crippen LogP) is 3.69. The molecule has 2 bridgehead atoms. The van der Waals surface area contributed by atoms with Crippen molar-refractivity contribution in [1.29, 1.82) is 0 Å². The maximum Gasteiger partial charge on any atom is 0.0297 e. The van der Waals surface area contributed by atoms with Gasteiger partial charge < -0.3 is 5.32 Å². The number of hydrogen-bond acceptors (Lipinski definition) is 1. The Morgan fingerprint density at radius 3 is 2.44 bits per heavy atom. The number of fused-ring (bicyclic) bond motifs is 5. The minimum Gasteiger partial charge on any atom is -0.307 e. The molecule has 0 saturated heterocycles. The molecule has 3 fully saturated rings. The van der Waals surface area contributed by atoms with Gasteiger partial charge in [-0.3, -0.25) is 0 Å². The highest BCUT2D eigenvalue weighted by atomic mass is 15.0. The summed E-state index contributed by atoms with van der Waals surface area (Å²) < 4.78 is 0. The molecule has 3 saturated carbocycles. The van der Waals surface area contributed by atoms with E-state index in [9.17, 15) is 0 Å². The Balaban J connectivity index is 1.46. The lowest BCUT2D eigenvalue weighted by molar-refractivity contribution is 0.433. The third-order valence-corrected chi connectivity index (χ3v) is 5.83. The molecule has 0 aromatic heterocycles. The molecule has 5 atom stereocenters. The number of aryl methyl sites for hydroxylation is 1. The second-order valence-electron chi connectivity index (χ2n) is 6.76. The maximum absolute atomic E-state index is 3.91. The van der Waals surface area contributed by atoms with Gasteiger partial charge in [-0.25, -0.2) is 0 Å². The molecular weight excluding hydrogens is 218 g/mol. The quantitative estimate of drug-likeness (QED) is 0.851. The van der Waals surface area contributed by atoms with E-state index in [1.807, 2.05) is 0 Å². The summed E-state index contributed by atoms with van der Waals surface area (Å²) in [7, 11) is 0. The largest absolute Gasteiger partial charge is 0.307 e. The smallest absolute Gasteiger partial charge is 0.0297 e. The van der Waals surface area contributed by atoms with Gasteiger partial charge in [0.25, 0.3) is 0 Å². The first-order valence-electron chi connectivity index (χ1n) is 7.57. The van der Waals surface area contributed by atoms with Crippen LogP contribution in [0.15, 0.2) is 24.3 Å². The fourth-order valence-corrected chi connectivity index (χ4v) is 5.00. The lowest BCUT2D eigenvalue weighted by atomic mass is 10.0. The lowest BCUT2D eigenvalue weighted by Gasteiger charge is -2.19. The summed E-state index contributed by atoms with van der Waals surface area (Å²) in [5.74, 6) is 4.22. The Kier molecular flexibility index (Phi) is 2.35. The van der Waals surface area contributed by atoms with Gasteiger partial charge in [0.2, 0.25) is 0 Å². The lowest BCUT2D eigenvalue weighted by Crippen LogP contribution is -2.26. The van der Waals surface area contributed by atoms with Crippen LogP contribution in [0.1, 0.15) is 43.4 Å². The zero-order valence-corrected chi connectivity index (χ0v) is 11.4. The van der Waals surface area contributed by atoms with Crippen LogP contribution < -0.4 is 5.32 Å². The monoisotopic (exact) mass is 241 g/mol. The van der Waals surface area contributed by atoms with E-state index in [-0.39, 0.29) is 0 Å². The second-order valence-corrected chi connectivity index (χ2v) is 6.76. The molecule has 18 heavy (non-hydrogen) atoms. The van der Waals surface area contributed by atoms with Crippen molar-refractivity contribution >= 4 is 0 Å². The van der Waals surface area contributed by atoms with Crippen LogP contribution in [0.2, 0.25) is 0 Å². The summed E-state index contributed by atoms with van der Waals surface area (Å²) in [6.07, 6.45) is 4.58. The van der Waals surface area contributed by atoms with E-state index in [0.29, 0.717) is 6.04 Å². The molecule has 4 rings (SSSR count). The van der Waals surface area contributed by atoms with Crippen LogP contribution in [0.25, 0.3) is 0 Å². The van der Waals surface area contributed by atoms with E-state index in [0.717, 1.165) is 29.7 Å². The van der Waals surface area contributed by atoms with Crippen molar-refractivity contribution < 1.29 is 0 Å². The van der Waals surface area contributed by atoms with Crippen LogP contribution in [-0.2, 0) is 0 Å². The van der Waals surface area contributed by atoms with Gasteiger partial charge in [-0.1, -0.05) is 24.3 Å². The average Bonchev–Trinajstić information content (AvgIpc) is 2.77. The number of benzene rings is 1. The molecule has 1 aromatic carbocycles. The highest BCUT2D eigenvalue weighted by molar-refractivity contribution is 5.29. The normalized spacial score (nSPS) is 41.8. The van der Waals surface area contributed by atoms with Gasteiger partial charge >= 0.3 is 0 Å². The predicted molar refractivity (Wildman–Crippen MR) is 74.3 cm³/mol. The third kappa shape index (κ3) is 1.50. The molecular formula is C17H23N. The molecule has 0 aliphatic heterocycles. The van der Waals surface area contributed by atoms with E-state index in [2.05, 4.69) is 43.4 Å². The van der Waals surface area contributed by atoms with E-state index in [1.54, 1.807) is 6.42 Å². The van der Waals surface area contributed by atoms with Gasteiger partial charge in [0.1, 0.15) is 0 Å². The van der Waals surface area contributed by atoms with E-state index in [4.69, 9.17) is 0 Å². The molecule has 0 amide bonds. The van der Waals surface area contributed by atoms with Crippen LogP contribution in [0, 0.1) is 30.6 Å². The maximum atomic E-state index is 3.91. The standard InChI is InChI=1S/C17H23N/c1-10-5-3-4-6-14(10)11(2)18-17-15-12-7-8-13(9-12)16(15)17/h3-6,11-13,15-18H,7-9H2,1-2H3. The molecule has 0 heterocycles. The van der Waals surface area contributed by atoms with E-state index < -0.39 is 0 Å². The van der Waals surface area contributed by atoms with Gasteiger partial charge in [0.15, 0.2) is 0 Å². The molecule has 0 spiro atoms. The van der Waals surface area contributed by atoms with Crippen molar-refractivity contribution in [3.63, 3.8) is 0 Å². The average molecular weight is 241 g/mol. The first kappa shape index (κ1) is 11.0. The Hall–Kier alpha value is -0.820. The molecule has 1 aromatic rings. The molecule has 1 N–H and O–H groups in total. The van der Waals surface area contributed by atoms with Crippen molar-refractivity contribution in [3.05, 3.63) is 35.4 Å². The number of hydrogen-bond donors (Lipinski definition) is 1. The summed E-state index contributed by atoms with van der Waals surface area (Å²) in [6, 6.07) is 10.2. The molecule has 3 aliphatic carbocycles. The Bertz CT molecular complexity index is 450. The van der Waals surface area contributed by atoms with Crippen LogP contribution >= 0.6 is 0 Å². The zero-order valence-electron chi connectivity index (χ0n) is 11.4. The van der Waals surface area contributed by atoms with Gasteiger partial charge in [0.05, 0.1) is 0 Å². The third-order valence-electron chi connectivity index (χ3n) is 5.83. The van der Waals surface area contributed by atoms with Crippen molar-refractivity contribution in [3.8, 4) is 0 Å². The van der Waals surface area contributed by atoms with Gasteiger partial charge in [-0.05, 0) is 67.9 Å². The SMILES string of the molecule is Cc1ccccc1C(C)NC1C2C3CCC(C3)C12. The highest BCUT2D eigenvalue weighted by Gasteiger charge is 2.64. The summed E-state index contributed by atoms with van der Waals surface area (Å²) in [4.78, 5) is 0. The summed E-state index contributed by atoms with van der Waals surface area (Å²) >= 11 is 0. The summed E-state index contributed by atoms with van der Waals surface area (Å²) in [5.41, 5.74) is 2.90. The summed E-state index contributed by atoms with van der Waals surface area (Å²) in [6.45, 7) is 4.56. The first-order valence-corrected chi connectivity index (χ1v) is 7.57. The Morgan fingerprint density at radius 2 is 1.78 bits per heavy atom.